The number of carbonyl (C=O) groups excluding carboxylic acids is 2. The normalized spacial score (nSPS) is 12.2. The molecule has 0 aliphatic carbocycles. The van der Waals surface area contributed by atoms with Crippen molar-refractivity contribution in [3.8, 4) is 0 Å². The van der Waals surface area contributed by atoms with Gasteiger partial charge < -0.3 is 10.2 Å². The molecule has 7 nitrogen and oxygen atoms in total. The Kier molecular flexibility index (Phi) is 9.21. The number of hydrogen-bond acceptors (Lipinski definition) is 4. The van der Waals surface area contributed by atoms with Crippen molar-refractivity contribution in [3.63, 3.8) is 0 Å². The summed E-state index contributed by atoms with van der Waals surface area (Å²) in [6.45, 7) is 1.23. The number of sulfonamides is 1. The van der Waals surface area contributed by atoms with Crippen LogP contribution in [0.25, 0.3) is 0 Å². The van der Waals surface area contributed by atoms with Crippen molar-refractivity contribution >= 4 is 62.3 Å². The minimum absolute atomic E-state index is 0.0242. The van der Waals surface area contributed by atoms with Crippen LogP contribution < -0.4 is 9.62 Å². The maximum atomic E-state index is 13.4. The van der Waals surface area contributed by atoms with Gasteiger partial charge in [0.1, 0.15) is 12.6 Å². The van der Waals surface area contributed by atoms with E-state index in [1.807, 2.05) is 0 Å². The van der Waals surface area contributed by atoms with E-state index in [2.05, 4.69) is 5.32 Å². The minimum atomic E-state index is -3.89. The second-order valence-electron chi connectivity index (χ2n) is 7.02. The number of benzene rings is 2. The van der Waals surface area contributed by atoms with Gasteiger partial charge in [0.15, 0.2) is 0 Å². The third kappa shape index (κ3) is 6.51. The monoisotopic (exact) mass is 519 g/mol. The zero-order chi connectivity index (χ0) is 24.1. The van der Waals surface area contributed by atoms with Crippen LogP contribution in [0.4, 0.5) is 5.69 Å². The Hall–Kier alpha value is -2.00. The lowest BCUT2D eigenvalue weighted by atomic mass is 10.1. The summed E-state index contributed by atoms with van der Waals surface area (Å²) in [6.07, 6.45) is 1.29. The van der Waals surface area contributed by atoms with Gasteiger partial charge in [0, 0.05) is 23.6 Å². The summed E-state index contributed by atoms with van der Waals surface area (Å²) in [5.41, 5.74) is 0.734. The average molecular weight is 521 g/mol. The number of hydrogen-bond donors (Lipinski definition) is 1. The molecule has 2 amide bonds. The molecule has 0 heterocycles. The van der Waals surface area contributed by atoms with Crippen LogP contribution in [-0.4, -0.2) is 51.0 Å². The first-order chi connectivity index (χ1) is 15.0. The number of nitrogens with one attached hydrogen (secondary N) is 1. The molecule has 0 fully saturated rings. The molecule has 2 rings (SSSR count). The second-order valence-corrected chi connectivity index (χ2v) is 10.2. The Bertz CT molecular complexity index is 1100. The predicted molar refractivity (Wildman–Crippen MR) is 129 cm³/mol. The second kappa shape index (κ2) is 11.2. The Morgan fingerprint density at radius 3 is 2.25 bits per heavy atom. The molecular formula is C21H24Cl3N3O4S. The van der Waals surface area contributed by atoms with E-state index in [-0.39, 0.29) is 23.2 Å². The van der Waals surface area contributed by atoms with Gasteiger partial charge in [-0.3, -0.25) is 13.9 Å². The van der Waals surface area contributed by atoms with Gasteiger partial charge in [-0.05, 0) is 36.2 Å². The summed E-state index contributed by atoms with van der Waals surface area (Å²) in [6, 6.07) is 10.4. The summed E-state index contributed by atoms with van der Waals surface area (Å²) in [7, 11) is -2.42. The van der Waals surface area contributed by atoms with Gasteiger partial charge in [-0.15, -0.1) is 0 Å². The highest BCUT2D eigenvalue weighted by atomic mass is 35.5. The molecule has 0 aliphatic heterocycles. The van der Waals surface area contributed by atoms with Crippen LogP contribution in [0.2, 0.25) is 15.1 Å². The Morgan fingerprint density at radius 1 is 1.06 bits per heavy atom. The van der Waals surface area contributed by atoms with E-state index in [1.54, 1.807) is 31.2 Å². The highest BCUT2D eigenvalue weighted by molar-refractivity contribution is 7.92. The lowest BCUT2D eigenvalue weighted by Gasteiger charge is -2.33. The molecule has 174 valence electrons. The van der Waals surface area contributed by atoms with E-state index >= 15 is 0 Å². The van der Waals surface area contributed by atoms with Crippen LogP contribution in [0.5, 0.6) is 0 Å². The maximum absolute atomic E-state index is 13.4. The molecule has 0 saturated carbocycles. The fraction of sp³-hybridized carbons (Fsp3) is 0.333. The van der Waals surface area contributed by atoms with Crippen LogP contribution in [-0.2, 0) is 26.2 Å². The molecule has 1 atom stereocenters. The number of rotatable bonds is 9. The molecule has 0 bridgehead atoms. The van der Waals surface area contributed by atoms with Crippen molar-refractivity contribution in [2.45, 2.75) is 25.9 Å². The van der Waals surface area contributed by atoms with E-state index in [4.69, 9.17) is 34.8 Å². The number of amides is 2. The van der Waals surface area contributed by atoms with Crippen molar-refractivity contribution < 1.29 is 18.0 Å². The lowest BCUT2D eigenvalue weighted by Crippen LogP contribution is -2.51. The van der Waals surface area contributed by atoms with E-state index in [0.29, 0.717) is 22.0 Å². The molecule has 11 heteroatoms. The lowest BCUT2D eigenvalue weighted by molar-refractivity contribution is -0.140. The van der Waals surface area contributed by atoms with E-state index in [1.165, 1.54) is 30.1 Å². The first-order valence-electron chi connectivity index (χ1n) is 9.66. The molecule has 32 heavy (non-hydrogen) atoms. The Morgan fingerprint density at radius 2 is 1.72 bits per heavy atom. The molecule has 0 spiro atoms. The molecule has 1 N–H and O–H groups in total. The van der Waals surface area contributed by atoms with Gasteiger partial charge in [-0.2, -0.15) is 0 Å². The van der Waals surface area contributed by atoms with Gasteiger partial charge in [-0.25, -0.2) is 8.42 Å². The third-order valence-electron chi connectivity index (χ3n) is 4.79. The number of halogens is 3. The van der Waals surface area contributed by atoms with Crippen molar-refractivity contribution in [2.24, 2.45) is 0 Å². The van der Waals surface area contributed by atoms with Crippen LogP contribution >= 0.6 is 34.8 Å². The first-order valence-corrected chi connectivity index (χ1v) is 12.6. The van der Waals surface area contributed by atoms with E-state index < -0.39 is 28.5 Å². The van der Waals surface area contributed by atoms with Gasteiger partial charge in [0.25, 0.3) is 0 Å². The molecule has 0 saturated heterocycles. The van der Waals surface area contributed by atoms with Gasteiger partial charge >= 0.3 is 0 Å². The smallest absolute Gasteiger partial charge is 0.244 e. The summed E-state index contributed by atoms with van der Waals surface area (Å²) in [5, 5.41) is 3.38. The first kappa shape index (κ1) is 26.3. The Labute approximate surface area is 203 Å². The third-order valence-corrected chi connectivity index (χ3v) is 6.82. The standard InChI is InChI=1S/C21H24Cl3N3O4S/c1-4-18(21(29)25-2)26(12-14-7-5-6-8-16(14)23)20(28)13-27(32(3,30)31)19-10-9-15(22)11-17(19)24/h5-11,18H,4,12-13H2,1-3H3,(H,25,29)/t18-/m0/s1. The summed E-state index contributed by atoms with van der Waals surface area (Å²) < 4.78 is 26.0. The van der Waals surface area contributed by atoms with Crippen LogP contribution in [0.1, 0.15) is 18.9 Å². The van der Waals surface area contributed by atoms with Gasteiger partial charge in [0.05, 0.1) is 17.0 Å². The molecule has 0 aromatic heterocycles. The van der Waals surface area contributed by atoms with Gasteiger partial charge in [0.2, 0.25) is 21.8 Å². The summed E-state index contributed by atoms with van der Waals surface area (Å²) in [5.74, 6) is -0.958. The fourth-order valence-corrected chi connectivity index (χ4v) is 4.79. The van der Waals surface area contributed by atoms with Crippen LogP contribution in [0.15, 0.2) is 42.5 Å². The number of anilines is 1. The average Bonchev–Trinajstić information content (AvgIpc) is 2.72. The summed E-state index contributed by atoms with van der Waals surface area (Å²) in [4.78, 5) is 27.2. The summed E-state index contributed by atoms with van der Waals surface area (Å²) >= 11 is 18.4. The highest BCUT2D eigenvalue weighted by Crippen LogP contribution is 2.30. The SMILES string of the molecule is CC[C@@H](C(=O)NC)N(Cc1ccccc1Cl)C(=O)CN(c1ccc(Cl)cc1Cl)S(C)(=O)=O. The Balaban J connectivity index is 2.48. The molecule has 0 aliphatic rings. The minimum Gasteiger partial charge on any atom is -0.357 e. The highest BCUT2D eigenvalue weighted by Gasteiger charge is 2.32. The zero-order valence-electron chi connectivity index (χ0n) is 17.8. The topological polar surface area (TPSA) is 86.8 Å². The number of likely N-dealkylation sites (N-methyl/N-ethyl adjacent to an activating group) is 1. The molecular weight excluding hydrogens is 497 g/mol. The molecule has 0 radical (unpaired) electrons. The predicted octanol–water partition coefficient (Wildman–Crippen LogP) is 3.97. The zero-order valence-corrected chi connectivity index (χ0v) is 20.9. The van der Waals surface area contributed by atoms with E-state index in [9.17, 15) is 18.0 Å². The van der Waals surface area contributed by atoms with Crippen LogP contribution in [0, 0.1) is 0 Å². The number of carbonyl (C=O) groups is 2. The van der Waals surface area contributed by atoms with Crippen LogP contribution in [0.3, 0.4) is 0 Å². The van der Waals surface area contributed by atoms with Crippen molar-refractivity contribution in [1.82, 2.24) is 10.2 Å². The quantitative estimate of drug-likeness (QED) is 0.542. The van der Waals surface area contributed by atoms with Crippen molar-refractivity contribution in [2.75, 3.05) is 24.2 Å². The molecule has 2 aromatic rings. The van der Waals surface area contributed by atoms with Crippen molar-refractivity contribution in [3.05, 3.63) is 63.1 Å². The maximum Gasteiger partial charge on any atom is 0.244 e. The fourth-order valence-electron chi connectivity index (χ4n) is 3.17. The molecule has 0 unspecified atom stereocenters. The van der Waals surface area contributed by atoms with Gasteiger partial charge in [-0.1, -0.05) is 59.9 Å². The van der Waals surface area contributed by atoms with Crippen molar-refractivity contribution in [1.29, 1.82) is 0 Å². The molecule has 2 aromatic carbocycles. The van der Waals surface area contributed by atoms with E-state index in [0.717, 1.165) is 10.6 Å². The number of nitrogens with zero attached hydrogens (tertiary/aromatic N) is 2. The largest absolute Gasteiger partial charge is 0.357 e.